The van der Waals surface area contributed by atoms with Gasteiger partial charge in [0.05, 0.1) is 4.92 Å². The van der Waals surface area contributed by atoms with Crippen molar-refractivity contribution < 1.29 is 4.92 Å². The van der Waals surface area contributed by atoms with Crippen molar-refractivity contribution in [2.75, 3.05) is 18.4 Å². The maximum atomic E-state index is 11.2. The summed E-state index contributed by atoms with van der Waals surface area (Å²) in [5.74, 6) is 0. The Kier molecular flexibility index (Phi) is 5.58. The summed E-state index contributed by atoms with van der Waals surface area (Å²) in [5.41, 5.74) is 0.750. The van der Waals surface area contributed by atoms with Crippen LogP contribution in [0.4, 0.5) is 11.4 Å². The van der Waals surface area contributed by atoms with E-state index < -0.39 is 0 Å². The van der Waals surface area contributed by atoms with E-state index in [4.69, 9.17) is 0 Å². The number of benzene rings is 1. The number of anilines is 1. The second kappa shape index (κ2) is 7.22. The average Bonchev–Trinajstić information content (AvgIpc) is 2.66. The Morgan fingerprint density at radius 1 is 1.38 bits per heavy atom. The molecule has 0 saturated carbocycles. The molecule has 0 radical (unpaired) electrons. The van der Waals surface area contributed by atoms with Crippen molar-refractivity contribution in [3.8, 4) is 0 Å². The molecule has 6 heteroatoms. The van der Waals surface area contributed by atoms with Crippen molar-refractivity contribution in [1.29, 1.82) is 0 Å². The lowest BCUT2D eigenvalue weighted by Crippen LogP contribution is -2.32. The Morgan fingerprint density at radius 3 is 2.81 bits per heavy atom. The monoisotopic (exact) mass is 355 g/mol. The minimum absolute atomic E-state index is 0.134. The molecule has 0 spiro atoms. The van der Waals surface area contributed by atoms with Gasteiger partial charge in [0.25, 0.3) is 5.69 Å². The molecule has 0 aliphatic carbocycles. The number of hydrogen-bond acceptors (Lipinski definition) is 4. The molecule has 21 heavy (non-hydrogen) atoms. The zero-order chi connectivity index (χ0) is 15.4. The third kappa shape index (κ3) is 4.41. The predicted molar refractivity (Wildman–Crippen MR) is 88.8 cm³/mol. The highest BCUT2D eigenvalue weighted by Crippen LogP contribution is 2.29. The molecule has 1 aliphatic rings. The molecule has 1 aromatic rings. The summed E-state index contributed by atoms with van der Waals surface area (Å²) in [5, 5.41) is 14.5. The number of nitrogens with one attached hydrogen (secondary N) is 1. The van der Waals surface area contributed by atoms with E-state index in [0.717, 1.165) is 36.8 Å². The smallest absolute Gasteiger partial charge is 0.293 e. The molecule has 1 heterocycles. The largest absolute Gasteiger partial charge is 0.377 e. The quantitative estimate of drug-likeness (QED) is 0.654. The van der Waals surface area contributed by atoms with Gasteiger partial charge in [-0.3, -0.25) is 10.1 Å². The van der Waals surface area contributed by atoms with E-state index in [0.29, 0.717) is 17.8 Å². The predicted octanol–water partition coefficient (Wildman–Crippen LogP) is 4.03. The molecule has 116 valence electrons. The molecule has 2 rings (SSSR count). The molecule has 1 fully saturated rings. The summed E-state index contributed by atoms with van der Waals surface area (Å²) in [4.78, 5) is 13.3. The minimum Gasteiger partial charge on any atom is -0.377 e. The zero-order valence-electron chi connectivity index (χ0n) is 12.5. The van der Waals surface area contributed by atoms with Crippen LogP contribution >= 0.6 is 15.9 Å². The fourth-order valence-electron chi connectivity index (χ4n) is 2.78. The first-order chi connectivity index (χ1) is 9.97. The van der Waals surface area contributed by atoms with Crippen molar-refractivity contribution in [1.82, 2.24) is 4.90 Å². The summed E-state index contributed by atoms with van der Waals surface area (Å²) in [6.07, 6.45) is 3.20. The van der Waals surface area contributed by atoms with E-state index in [-0.39, 0.29) is 10.6 Å². The van der Waals surface area contributed by atoms with Crippen LogP contribution < -0.4 is 5.32 Å². The molecule has 1 aromatic carbocycles. The molecule has 1 unspecified atom stereocenters. The van der Waals surface area contributed by atoms with Crippen molar-refractivity contribution in [2.24, 2.45) is 0 Å². The third-order valence-corrected chi connectivity index (χ3v) is 4.50. The molecule has 1 aliphatic heterocycles. The van der Waals surface area contributed by atoms with Crippen molar-refractivity contribution in [2.45, 2.75) is 45.2 Å². The number of rotatable bonds is 4. The van der Waals surface area contributed by atoms with Crippen LogP contribution in [0.5, 0.6) is 0 Å². The van der Waals surface area contributed by atoms with Crippen LogP contribution in [0.3, 0.4) is 0 Å². The molecular formula is C15H22BrN3O2. The van der Waals surface area contributed by atoms with E-state index in [9.17, 15) is 10.1 Å². The topological polar surface area (TPSA) is 58.4 Å². The van der Waals surface area contributed by atoms with Gasteiger partial charge in [-0.05, 0) is 51.8 Å². The van der Waals surface area contributed by atoms with Crippen LogP contribution in [-0.4, -0.2) is 35.0 Å². The minimum atomic E-state index is -0.329. The first kappa shape index (κ1) is 16.2. The Morgan fingerprint density at radius 2 is 2.14 bits per heavy atom. The fourth-order valence-corrected chi connectivity index (χ4v) is 3.13. The van der Waals surface area contributed by atoms with Crippen molar-refractivity contribution in [3.05, 3.63) is 32.8 Å². The SMILES string of the molecule is CC(C)N1CCCC(Nc2ccc(Br)cc2[N+](=O)[O-])CC1. The van der Waals surface area contributed by atoms with Crippen LogP contribution in [0.1, 0.15) is 33.1 Å². The number of hydrogen-bond donors (Lipinski definition) is 1. The van der Waals surface area contributed by atoms with Gasteiger partial charge in [0.2, 0.25) is 0 Å². The molecule has 1 atom stereocenters. The van der Waals surface area contributed by atoms with E-state index in [2.05, 4.69) is 40.0 Å². The number of nitro groups is 1. The van der Waals surface area contributed by atoms with Crippen LogP contribution in [-0.2, 0) is 0 Å². The van der Waals surface area contributed by atoms with E-state index in [1.807, 2.05) is 6.07 Å². The molecule has 0 amide bonds. The summed E-state index contributed by atoms with van der Waals surface area (Å²) in [6, 6.07) is 6.04. The summed E-state index contributed by atoms with van der Waals surface area (Å²) >= 11 is 3.29. The first-order valence-electron chi connectivity index (χ1n) is 7.42. The van der Waals surface area contributed by atoms with Gasteiger partial charge in [0, 0.05) is 29.2 Å². The second-order valence-corrected chi connectivity index (χ2v) is 6.74. The summed E-state index contributed by atoms with van der Waals surface area (Å²) in [7, 11) is 0. The lowest BCUT2D eigenvalue weighted by molar-refractivity contribution is -0.384. The Bertz CT molecular complexity index is 508. The van der Waals surface area contributed by atoms with Crippen molar-refractivity contribution in [3.63, 3.8) is 0 Å². The van der Waals surface area contributed by atoms with Gasteiger partial charge in [-0.25, -0.2) is 0 Å². The molecule has 1 N–H and O–H groups in total. The Balaban J connectivity index is 2.06. The molecular weight excluding hydrogens is 334 g/mol. The highest BCUT2D eigenvalue weighted by molar-refractivity contribution is 9.10. The Labute approximate surface area is 134 Å². The highest BCUT2D eigenvalue weighted by Gasteiger charge is 2.21. The number of halogens is 1. The molecule has 5 nitrogen and oxygen atoms in total. The Hall–Kier alpha value is -1.14. The van der Waals surface area contributed by atoms with Crippen LogP contribution in [0.2, 0.25) is 0 Å². The fraction of sp³-hybridized carbons (Fsp3) is 0.600. The van der Waals surface area contributed by atoms with Gasteiger partial charge >= 0.3 is 0 Å². The highest BCUT2D eigenvalue weighted by atomic mass is 79.9. The lowest BCUT2D eigenvalue weighted by atomic mass is 10.1. The number of nitrogens with zero attached hydrogens (tertiary/aromatic N) is 2. The lowest BCUT2D eigenvalue weighted by Gasteiger charge is -2.24. The normalized spacial score (nSPS) is 20.3. The van der Waals surface area contributed by atoms with Crippen LogP contribution in [0, 0.1) is 10.1 Å². The van der Waals surface area contributed by atoms with E-state index in [1.165, 1.54) is 0 Å². The van der Waals surface area contributed by atoms with Gasteiger partial charge in [-0.1, -0.05) is 15.9 Å². The second-order valence-electron chi connectivity index (χ2n) is 5.82. The maximum Gasteiger partial charge on any atom is 0.293 e. The van der Waals surface area contributed by atoms with Gasteiger partial charge in [-0.15, -0.1) is 0 Å². The molecule has 1 saturated heterocycles. The molecule has 0 bridgehead atoms. The van der Waals surface area contributed by atoms with Gasteiger partial charge < -0.3 is 10.2 Å². The van der Waals surface area contributed by atoms with E-state index >= 15 is 0 Å². The third-order valence-electron chi connectivity index (χ3n) is 4.01. The first-order valence-corrected chi connectivity index (χ1v) is 8.21. The van der Waals surface area contributed by atoms with Crippen LogP contribution in [0.15, 0.2) is 22.7 Å². The average molecular weight is 356 g/mol. The number of likely N-dealkylation sites (tertiary alicyclic amines) is 1. The number of nitro benzene ring substituents is 1. The van der Waals surface area contributed by atoms with Crippen LogP contribution in [0.25, 0.3) is 0 Å². The molecule has 0 aromatic heterocycles. The summed E-state index contributed by atoms with van der Waals surface area (Å²) in [6.45, 7) is 6.58. The zero-order valence-corrected chi connectivity index (χ0v) is 14.1. The summed E-state index contributed by atoms with van der Waals surface area (Å²) < 4.78 is 0.728. The van der Waals surface area contributed by atoms with Crippen molar-refractivity contribution >= 4 is 27.3 Å². The van der Waals surface area contributed by atoms with Gasteiger partial charge in [0.15, 0.2) is 0 Å². The maximum absolute atomic E-state index is 11.2. The van der Waals surface area contributed by atoms with Gasteiger partial charge in [0.1, 0.15) is 5.69 Å². The van der Waals surface area contributed by atoms with E-state index in [1.54, 1.807) is 12.1 Å². The van der Waals surface area contributed by atoms with Gasteiger partial charge in [-0.2, -0.15) is 0 Å². The standard InChI is InChI=1S/C15H22BrN3O2/c1-11(2)18-8-3-4-13(7-9-18)17-14-6-5-12(16)10-15(14)19(20)21/h5-6,10-11,13,17H,3-4,7-9H2,1-2H3.